The van der Waals surface area contributed by atoms with Crippen LogP contribution in [0.3, 0.4) is 0 Å². The van der Waals surface area contributed by atoms with Crippen LogP contribution < -0.4 is 10.6 Å². The van der Waals surface area contributed by atoms with Crippen molar-refractivity contribution in [1.82, 2.24) is 4.98 Å². The standard InChI is InChI=1S/C16H17N3S/c1-10-8-12(15-14(9-10)20-16(17)18-15)11-6-4-5-7-13(11)19(2)3/h4-9H,1-3H3,(H2,17,18). The fourth-order valence-electron chi connectivity index (χ4n) is 2.48. The number of nitrogens with two attached hydrogens (primary N) is 1. The van der Waals surface area contributed by atoms with Crippen molar-refractivity contribution in [2.24, 2.45) is 0 Å². The molecule has 0 aliphatic rings. The Bertz CT molecular complexity index is 774. The van der Waals surface area contributed by atoms with Gasteiger partial charge in [0.05, 0.1) is 10.2 Å². The molecule has 3 aromatic rings. The largest absolute Gasteiger partial charge is 0.377 e. The highest BCUT2D eigenvalue weighted by atomic mass is 32.1. The van der Waals surface area contributed by atoms with E-state index in [0.29, 0.717) is 5.13 Å². The Kier molecular flexibility index (Phi) is 3.10. The molecule has 20 heavy (non-hydrogen) atoms. The number of benzene rings is 2. The normalized spacial score (nSPS) is 10.9. The average molecular weight is 283 g/mol. The molecule has 2 aromatic carbocycles. The van der Waals surface area contributed by atoms with E-state index >= 15 is 0 Å². The molecule has 2 N–H and O–H groups in total. The molecule has 0 amide bonds. The topological polar surface area (TPSA) is 42.2 Å². The maximum absolute atomic E-state index is 5.88. The summed E-state index contributed by atoms with van der Waals surface area (Å²) in [6.45, 7) is 2.11. The van der Waals surface area contributed by atoms with E-state index in [1.165, 1.54) is 16.8 Å². The smallest absolute Gasteiger partial charge is 0.181 e. The van der Waals surface area contributed by atoms with Crippen LogP contribution in [0.4, 0.5) is 10.8 Å². The molecule has 4 heteroatoms. The van der Waals surface area contributed by atoms with Crippen LogP contribution in [-0.2, 0) is 0 Å². The van der Waals surface area contributed by atoms with Gasteiger partial charge < -0.3 is 10.6 Å². The zero-order chi connectivity index (χ0) is 14.3. The zero-order valence-corrected chi connectivity index (χ0v) is 12.7. The number of rotatable bonds is 2. The second-order valence-electron chi connectivity index (χ2n) is 5.12. The van der Waals surface area contributed by atoms with Crippen LogP contribution in [-0.4, -0.2) is 19.1 Å². The Morgan fingerprint density at radius 1 is 1.10 bits per heavy atom. The van der Waals surface area contributed by atoms with E-state index in [0.717, 1.165) is 15.8 Å². The number of anilines is 2. The van der Waals surface area contributed by atoms with Gasteiger partial charge in [-0.15, -0.1) is 0 Å². The van der Waals surface area contributed by atoms with E-state index in [-0.39, 0.29) is 0 Å². The second kappa shape index (κ2) is 4.80. The molecule has 0 saturated heterocycles. The lowest BCUT2D eigenvalue weighted by Gasteiger charge is -2.18. The molecule has 1 aromatic heterocycles. The fourth-order valence-corrected chi connectivity index (χ4v) is 3.34. The van der Waals surface area contributed by atoms with Crippen LogP contribution in [0.15, 0.2) is 36.4 Å². The number of nitrogen functional groups attached to an aromatic ring is 1. The molecule has 0 radical (unpaired) electrons. The molecule has 3 rings (SSSR count). The highest BCUT2D eigenvalue weighted by Crippen LogP contribution is 2.37. The van der Waals surface area contributed by atoms with E-state index < -0.39 is 0 Å². The third kappa shape index (κ3) is 2.12. The summed E-state index contributed by atoms with van der Waals surface area (Å²) in [5, 5.41) is 0.620. The summed E-state index contributed by atoms with van der Waals surface area (Å²) >= 11 is 1.54. The SMILES string of the molecule is Cc1cc(-c2ccccc2N(C)C)c2nc(N)sc2c1. The lowest BCUT2D eigenvalue weighted by atomic mass is 10.00. The van der Waals surface area contributed by atoms with E-state index in [4.69, 9.17) is 5.73 Å². The Hall–Kier alpha value is -2.07. The molecule has 0 fully saturated rings. The molecule has 0 aliphatic carbocycles. The predicted molar refractivity (Wildman–Crippen MR) is 88.5 cm³/mol. The average Bonchev–Trinajstić information content (AvgIpc) is 2.77. The highest BCUT2D eigenvalue weighted by Gasteiger charge is 2.13. The molecule has 0 aliphatic heterocycles. The third-order valence-electron chi connectivity index (χ3n) is 3.33. The number of hydrogen-bond donors (Lipinski definition) is 1. The summed E-state index contributed by atoms with van der Waals surface area (Å²) in [5.74, 6) is 0. The lowest BCUT2D eigenvalue weighted by Crippen LogP contribution is -2.09. The van der Waals surface area contributed by atoms with Gasteiger partial charge in [-0.3, -0.25) is 0 Å². The number of aromatic nitrogens is 1. The maximum atomic E-state index is 5.88. The van der Waals surface area contributed by atoms with E-state index in [1.807, 2.05) is 0 Å². The van der Waals surface area contributed by atoms with Gasteiger partial charge in [0.25, 0.3) is 0 Å². The fraction of sp³-hybridized carbons (Fsp3) is 0.188. The van der Waals surface area contributed by atoms with Crippen molar-refractivity contribution in [3.8, 4) is 11.1 Å². The number of thiazole rings is 1. The zero-order valence-electron chi connectivity index (χ0n) is 11.8. The summed E-state index contributed by atoms with van der Waals surface area (Å²) < 4.78 is 1.14. The first-order valence-electron chi connectivity index (χ1n) is 6.49. The third-order valence-corrected chi connectivity index (χ3v) is 4.16. The van der Waals surface area contributed by atoms with Gasteiger partial charge in [0.2, 0.25) is 0 Å². The highest BCUT2D eigenvalue weighted by molar-refractivity contribution is 7.22. The van der Waals surface area contributed by atoms with Crippen molar-refractivity contribution in [2.45, 2.75) is 6.92 Å². The predicted octanol–water partition coefficient (Wildman–Crippen LogP) is 3.92. The number of fused-ring (bicyclic) bond motifs is 1. The Morgan fingerprint density at radius 2 is 1.85 bits per heavy atom. The van der Waals surface area contributed by atoms with E-state index in [1.54, 1.807) is 11.3 Å². The van der Waals surface area contributed by atoms with E-state index in [2.05, 4.69) is 67.3 Å². The molecule has 0 saturated carbocycles. The Labute approximate surface area is 122 Å². The van der Waals surface area contributed by atoms with Crippen LogP contribution in [0.2, 0.25) is 0 Å². The van der Waals surface area contributed by atoms with Gasteiger partial charge in [0, 0.05) is 30.9 Å². The number of nitrogens with zero attached hydrogens (tertiary/aromatic N) is 2. The molecule has 3 nitrogen and oxygen atoms in total. The monoisotopic (exact) mass is 283 g/mol. The van der Waals surface area contributed by atoms with Crippen molar-refractivity contribution in [2.75, 3.05) is 24.7 Å². The minimum Gasteiger partial charge on any atom is -0.377 e. The van der Waals surface area contributed by atoms with Gasteiger partial charge in [-0.1, -0.05) is 29.5 Å². The second-order valence-corrected chi connectivity index (χ2v) is 6.19. The quantitative estimate of drug-likeness (QED) is 0.775. The number of aryl methyl sites for hydroxylation is 1. The molecule has 0 atom stereocenters. The van der Waals surface area contributed by atoms with Crippen LogP contribution in [0.5, 0.6) is 0 Å². The summed E-state index contributed by atoms with van der Waals surface area (Å²) in [7, 11) is 4.11. The van der Waals surface area contributed by atoms with Gasteiger partial charge in [-0.2, -0.15) is 0 Å². The summed E-state index contributed by atoms with van der Waals surface area (Å²) in [6.07, 6.45) is 0. The van der Waals surface area contributed by atoms with Crippen LogP contribution in [0.25, 0.3) is 21.3 Å². The minimum absolute atomic E-state index is 0.620. The van der Waals surface area contributed by atoms with Crippen molar-refractivity contribution in [3.63, 3.8) is 0 Å². The van der Waals surface area contributed by atoms with Gasteiger partial charge in [-0.05, 0) is 30.7 Å². The first kappa shape index (κ1) is 12.9. The first-order chi connectivity index (χ1) is 9.56. The van der Waals surface area contributed by atoms with Crippen molar-refractivity contribution >= 4 is 32.4 Å². The Morgan fingerprint density at radius 3 is 2.60 bits per heavy atom. The molecular formula is C16H17N3S. The van der Waals surface area contributed by atoms with Crippen LogP contribution >= 0.6 is 11.3 Å². The molecule has 0 unspecified atom stereocenters. The van der Waals surface area contributed by atoms with Crippen LogP contribution in [0.1, 0.15) is 5.56 Å². The van der Waals surface area contributed by atoms with Gasteiger partial charge in [0.15, 0.2) is 5.13 Å². The Balaban J connectivity index is 2.34. The minimum atomic E-state index is 0.620. The number of hydrogen-bond acceptors (Lipinski definition) is 4. The molecule has 102 valence electrons. The van der Waals surface area contributed by atoms with Crippen molar-refractivity contribution < 1.29 is 0 Å². The summed E-state index contributed by atoms with van der Waals surface area (Å²) in [5.41, 5.74) is 11.6. The summed E-state index contributed by atoms with van der Waals surface area (Å²) in [6, 6.07) is 12.7. The summed E-state index contributed by atoms with van der Waals surface area (Å²) in [4.78, 5) is 6.63. The number of para-hydroxylation sites is 1. The molecule has 0 spiro atoms. The maximum Gasteiger partial charge on any atom is 0.181 e. The molecule has 1 heterocycles. The first-order valence-corrected chi connectivity index (χ1v) is 7.31. The van der Waals surface area contributed by atoms with Gasteiger partial charge >= 0.3 is 0 Å². The van der Waals surface area contributed by atoms with Crippen LogP contribution in [0, 0.1) is 6.92 Å². The lowest BCUT2D eigenvalue weighted by molar-refractivity contribution is 1.13. The van der Waals surface area contributed by atoms with E-state index in [9.17, 15) is 0 Å². The van der Waals surface area contributed by atoms with Gasteiger partial charge in [-0.25, -0.2) is 4.98 Å². The molecular weight excluding hydrogens is 266 g/mol. The van der Waals surface area contributed by atoms with Crippen molar-refractivity contribution in [3.05, 3.63) is 42.0 Å². The van der Waals surface area contributed by atoms with Gasteiger partial charge in [0.1, 0.15) is 0 Å². The van der Waals surface area contributed by atoms with Crippen molar-refractivity contribution in [1.29, 1.82) is 0 Å². The molecule has 0 bridgehead atoms.